The van der Waals surface area contributed by atoms with Gasteiger partial charge in [-0.2, -0.15) is 0 Å². The van der Waals surface area contributed by atoms with Crippen LogP contribution in [0.15, 0.2) is 0 Å². The maximum Gasteiger partial charge on any atom is 0.321 e. The molecule has 4 nitrogen and oxygen atoms in total. The van der Waals surface area contributed by atoms with Crippen molar-refractivity contribution < 1.29 is 14.3 Å². The fraction of sp³-hybridized carbons (Fsp3) is 0.867. The van der Waals surface area contributed by atoms with Crippen LogP contribution in [-0.2, 0) is 14.3 Å². The highest BCUT2D eigenvalue weighted by molar-refractivity contribution is 6.06. The van der Waals surface area contributed by atoms with E-state index in [0.717, 1.165) is 32.4 Å². The molecular weight excluding hydrogens is 242 g/mol. The molecule has 0 unspecified atom stereocenters. The average molecular weight is 265 g/mol. The molecule has 1 aliphatic carbocycles. The van der Waals surface area contributed by atoms with E-state index in [1.54, 1.807) is 0 Å². The van der Waals surface area contributed by atoms with Crippen LogP contribution < -0.4 is 0 Å². The molecule has 3 atom stereocenters. The second-order valence-corrected chi connectivity index (χ2v) is 6.39. The van der Waals surface area contributed by atoms with Gasteiger partial charge in [0.2, 0.25) is 0 Å². The fourth-order valence-electron chi connectivity index (χ4n) is 5.01. The van der Waals surface area contributed by atoms with Gasteiger partial charge in [0.05, 0.1) is 7.11 Å². The van der Waals surface area contributed by atoms with Crippen molar-refractivity contribution in [2.24, 2.45) is 10.8 Å². The van der Waals surface area contributed by atoms with Crippen molar-refractivity contribution >= 4 is 11.8 Å². The van der Waals surface area contributed by atoms with Crippen molar-refractivity contribution in [2.75, 3.05) is 20.2 Å². The molecule has 2 heterocycles. The summed E-state index contributed by atoms with van der Waals surface area (Å²) in [5.41, 5.74) is -0.708. The largest absolute Gasteiger partial charge is 0.468 e. The van der Waals surface area contributed by atoms with Gasteiger partial charge >= 0.3 is 5.97 Å². The number of esters is 1. The summed E-state index contributed by atoms with van der Waals surface area (Å²) in [6, 6.07) is 0.0902. The van der Waals surface area contributed by atoms with Crippen LogP contribution in [0.1, 0.15) is 45.4 Å². The highest BCUT2D eigenvalue weighted by atomic mass is 16.5. The van der Waals surface area contributed by atoms with Gasteiger partial charge in [0.15, 0.2) is 5.78 Å². The van der Waals surface area contributed by atoms with E-state index in [1.165, 1.54) is 13.5 Å². The zero-order valence-electron chi connectivity index (χ0n) is 11.9. The summed E-state index contributed by atoms with van der Waals surface area (Å²) in [6.45, 7) is 4.10. The number of Topliss-reactive ketones (excluding diaryl/α,β-unsaturated/α-hetero) is 1. The molecule has 0 aromatic rings. The third-order valence-corrected chi connectivity index (χ3v) is 5.93. The van der Waals surface area contributed by atoms with Gasteiger partial charge < -0.3 is 4.74 Å². The lowest BCUT2D eigenvalue weighted by Crippen LogP contribution is -2.63. The van der Waals surface area contributed by atoms with Gasteiger partial charge in [-0.3, -0.25) is 14.5 Å². The van der Waals surface area contributed by atoms with E-state index in [9.17, 15) is 9.59 Å². The maximum atomic E-state index is 12.6. The molecule has 106 valence electrons. The van der Waals surface area contributed by atoms with Crippen LogP contribution >= 0.6 is 0 Å². The van der Waals surface area contributed by atoms with E-state index in [4.69, 9.17) is 4.74 Å². The summed E-state index contributed by atoms with van der Waals surface area (Å²) >= 11 is 0. The first-order valence-electron chi connectivity index (χ1n) is 7.46. The lowest BCUT2D eigenvalue weighted by Gasteiger charge is -2.54. The number of ketones is 1. The van der Waals surface area contributed by atoms with Crippen LogP contribution in [0.3, 0.4) is 0 Å². The van der Waals surface area contributed by atoms with Crippen molar-refractivity contribution in [1.29, 1.82) is 0 Å². The summed E-state index contributed by atoms with van der Waals surface area (Å²) < 4.78 is 5.03. The molecule has 2 aliphatic heterocycles. The Kier molecular flexibility index (Phi) is 2.97. The lowest BCUT2D eigenvalue weighted by molar-refractivity contribution is -0.170. The van der Waals surface area contributed by atoms with Gasteiger partial charge in [0.25, 0.3) is 0 Å². The minimum atomic E-state index is -0.858. The summed E-state index contributed by atoms with van der Waals surface area (Å²) in [5.74, 6) is -0.165. The molecule has 19 heavy (non-hydrogen) atoms. The number of hydrogen-bond acceptors (Lipinski definition) is 4. The van der Waals surface area contributed by atoms with Crippen LogP contribution in [0.2, 0.25) is 0 Å². The van der Waals surface area contributed by atoms with Gasteiger partial charge in [-0.25, -0.2) is 0 Å². The van der Waals surface area contributed by atoms with Gasteiger partial charge in [-0.1, -0.05) is 6.92 Å². The number of rotatable bonds is 2. The Bertz CT molecular complexity index is 412. The highest BCUT2D eigenvalue weighted by Gasteiger charge is 2.67. The van der Waals surface area contributed by atoms with Crippen LogP contribution in [-0.4, -0.2) is 42.9 Å². The van der Waals surface area contributed by atoms with Crippen LogP contribution in [0.4, 0.5) is 0 Å². The third-order valence-electron chi connectivity index (χ3n) is 5.93. The topological polar surface area (TPSA) is 46.6 Å². The zero-order chi connectivity index (χ0) is 13.7. The quantitative estimate of drug-likeness (QED) is 0.564. The highest BCUT2D eigenvalue weighted by Crippen LogP contribution is 2.58. The Morgan fingerprint density at radius 1 is 1.37 bits per heavy atom. The van der Waals surface area contributed by atoms with Crippen LogP contribution in [0.25, 0.3) is 0 Å². The molecule has 0 spiro atoms. The number of methoxy groups -OCH3 is 1. The predicted molar refractivity (Wildman–Crippen MR) is 70.6 cm³/mol. The fourth-order valence-corrected chi connectivity index (χ4v) is 5.01. The maximum absolute atomic E-state index is 12.6. The number of carbonyl (C=O) groups excluding carboxylic acids is 2. The SMILES string of the molecule is CC[C@@]12CCCN3CC[C@@](C(=O)OC)(C(=O)CC1)[C@H]32. The van der Waals surface area contributed by atoms with Crippen LogP contribution in [0.5, 0.6) is 0 Å². The summed E-state index contributed by atoms with van der Waals surface area (Å²) in [6.07, 6.45) is 5.55. The Morgan fingerprint density at radius 3 is 2.84 bits per heavy atom. The van der Waals surface area contributed by atoms with Crippen molar-refractivity contribution in [2.45, 2.75) is 51.5 Å². The normalized spacial score (nSPS) is 42.0. The lowest BCUT2D eigenvalue weighted by atomic mass is 9.54. The van der Waals surface area contributed by atoms with E-state index in [1.807, 2.05) is 0 Å². The van der Waals surface area contributed by atoms with Crippen molar-refractivity contribution in [1.82, 2.24) is 4.90 Å². The van der Waals surface area contributed by atoms with E-state index < -0.39 is 5.41 Å². The van der Waals surface area contributed by atoms with E-state index in [-0.39, 0.29) is 23.2 Å². The molecule has 0 N–H and O–H groups in total. The molecule has 3 rings (SSSR count). The minimum Gasteiger partial charge on any atom is -0.468 e. The monoisotopic (exact) mass is 265 g/mol. The van der Waals surface area contributed by atoms with E-state index >= 15 is 0 Å². The molecule has 0 bridgehead atoms. The van der Waals surface area contributed by atoms with E-state index in [2.05, 4.69) is 11.8 Å². The Hall–Kier alpha value is -0.900. The number of piperidine rings is 1. The summed E-state index contributed by atoms with van der Waals surface area (Å²) in [5, 5.41) is 0. The molecule has 4 heteroatoms. The van der Waals surface area contributed by atoms with Crippen LogP contribution in [0, 0.1) is 10.8 Å². The molecule has 0 aromatic carbocycles. The summed E-state index contributed by atoms with van der Waals surface area (Å²) in [4.78, 5) is 27.3. The number of hydrogen-bond donors (Lipinski definition) is 0. The molecule has 0 amide bonds. The van der Waals surface area contributed by atoms with Gasteiger partial charge in [-0.15, -0.1) is 0 Å². The standard InChI is InChI=1S/C15H23NO3/c1-3-14-6-4-9-16-10-8-15(12(14)16,13(18)19-2)11(17)5-7-14/h12H,3-10H2,1-2H3/t12-,14-,15-/m1/s1. The summed E-state index contributed by atoms with van der Waals surface area (Å²) in [7, 11) is 1.41. The Labute approximate surface area is 114 Å². The average Bonchev–Trinajstić information content (AvgIpc) is 2.85. The van der Waals surface area contributed by atoms with Gasteiger partial charge in [-0.05, 0) is 44.1 Å². The first-order chi connectivity index (χ1) is 9.10. The first-order valence-corrected chi connectivity index (χ1v) is 7.46. The Morgan fingerprint density at radius 2 is 2.16 bits per heavy atom. The van der Waals surface area contributed by atoms with Crippen molar-refractivity contribution in [3.05, 3.63) is 0 Å². The third kappa shape index (κ3) is 1.49. The molecule has 2 saturated heterocycles. The smallest absolute Gasteiger partial charge is 0.321 e. The number of nitrogens with zero attached hydrogens (tertiary/aromatic N) is 1. The van der Waals surface area contributed by atoms with Gasteiger partial charge in [0, 0.05) is 19.0 Å². The van der Waals surface area contributed by atoms with Crippen molar-refractivity contribution in [3.8, 4) is 0 Å². The number of ether oxygens (including phenoxy) is 1. The van der Waals surface area contributed by atoms with Gasteiger partial charge in [0.1, 0.15) is 5.41 Å². The molecular formula is C15H23NO3. The number of carbonyl (C=O) groups is 2. The minimum absolute atomic E-state index is 0.0902. The molecule has 1 saturated carbocycles. The molecule has 3 aliphatic rings. The second-order valence-electron chi connectivity index (χ2n) is 6.39. The molecule has 0 aromatic heterocycles. The Balaban J connectivity index is 2.10. The van der Waals surface area contributed by atoms with Crippen molar-refractivity contribution in [3.63, 3.8) is 0 Å². The zero-order valence-corrected chi connectivity index (χ0v) is 11.9. The van der Waals surface area contributed by atoms with E-state index in [0.29, 0.717) is 12.8 Å². The predicted octanol–water partition coefficient (Wildman–Crippen LogP) is 1.77. The molecule has 3 fully saturated rings. The second kappa shape index (κ2) is 4.30. The first kappa shape index (κ1) is 13.1. The molecule has 0 radical (unpaired) electrons.